The Morgan fingerprint density at radius 2 is 1.77 bits per heavy atom. The van der Waals surface area contributed by atoms with Crippen LogP contribution in [0.1, 0.15) is 11.1 Å². The minimum absolute atomic E-state index is 0.759. The lowest BCUT2D eigenvalue weighted by Gasteiger charge is -2.00. The maximum absolute atomic E-state index is 7.16. The summed E-state index contributed by atoms with van der Waals surface area (Å²) in [5, 5.41) is 14.1. The molecule has 0 spiro atoms. The van der Waals surface area contributed by atoms with Gasteiger partial charge < -0.3 is 10.8 Å². The molecule has 0 unspecified atom stereocenters. The first-order valence-corrected chi connectivity index (χ1v) is 4.06. The lowest BCUT2D eigenvalue weighted by atomic mass is 10.1. The molecule has 1 aromatic rings. The molecule has 1 aromatic carbocycles. The second-order valence-electron chi connectivity index (χ2n) is 2.80. The molecule has 0 bridgehead atoms. The van der Waals surface area contributed by atoms with Crippen LogP contribution in [-0.4, -0.2) is 12.4 Å². The van der Waals surface area contributed by atoms with E-state index in [1.165, 1.54) is 18.0 Å². The van der Waals surface area contributed by atoms with Gasteiger partial charge in [-0.3, -0.25) is 0 Å². The van der Waals surface area contributed by atoms with Gasteiger partial charge >= 0.3 is 0 Å². The van der Waals surface area contributed by atoms with Crippen LogP contribution in [-0.2, 0) is 0 Å². The number of nitrogens with one attached hydrogen (secondary N) is 2. The zero-order chi connectivity index (χ0) is 9.68. The Morgan fingerprint density at radius 3 is 2.23 bits per heavy atom. The van der Waals surface area contributed by atoms with Crippen LogP contribution in [0, 0.1) is 17.7 Å². The molecule has 0 radical (unpaired) electrons. The highest BCUT2D eigenvalue weighted by Crippen LogP contribution is 2.12. The van der Waals surface area contributed by atoms with Crippen LogP contribution in [0.5, 0.6) is 0 Å². The number of hydrogen-bond acceptors (Lipinski definition) is 2. The first-order valence-electron chi connectivity index (χ1n) is 4.06. The fourth-order valence-corrected chi connectivity index (χ4v) is 1.06. The van der Waals surface area contributed by atoms with Gasteiger partial charge in [-0.2, -0.15) is 0 Å². The Hall–Kier alpha value is -1.70. The molecule has 0 amide bonds. The predicted molar refractivity (Wildman–Crippen MR) is 56.7 cm³/mol. The Labute approximate surface area is 77.9 Å². The van der Waals surface area contributed by atoms with Crippen LogP contribution in [0.15, 0.2) is 30.3 Å². The summed E-state index contributed by atoms with van der Waals surface area (Å²) in [5.74, 6) is 0. The van der Waals surface area contributed by atoms with Crippen LogP contribution >= 0.6 is 0 Å². The maximum atomic E-state index is 7.16. The van der Waals surface area contributed by atoms with Gasteiger partial charge in [0.1, 0.15) is 0 Å². The van der Waals surface area contributed by atoms with E-state index in [9.17, 15) is 0 Å². The molecule has 1 rings (SSSR count). The first-order chi connectivity index (χ1) is 6.27. The van der Waals surface area contributed by atoms with Crippen molar-refractivity contribution >= 4 is 18.0 Å². The van der Waals surface area contributed by atoms with E-state index < -0.39 is 0 Å². The third-order valence-corrected chi connectivity index (χ3v) is 1.80. The fraction of sp³-hybridized carbons (Fsp3) is 0.0909. The topological polar surface area (TPSA) is 47.7 Å². The van der Waals surface area contributed by atoms with Crippen LogP contribution in [0.4, 0.5) is 0 Å². The summed E-state index contributed by atoms with van der Waals surface area (Å²) in [6, 6.07) is 7.90. The average molecular weight is 172 g/mol. The van der Waals surface area contributed by atoms with E-state index in [0.29, 0.717) is 0 Å². The summed E-state index contributed by atoms with van der Waals surface area (Å²) in [5.41, 5.74) is 2.93. The first kappa shape index (κ1) is 9.39. The van der Waals surface area contributed by atoms with E-state index in [1.54, 1.807) is 6.08 Å². The minimum Gasteiger partial charge on any atom is -0.309 e. The summed E-state index contributed by atoms with van der Waals surface area (Å²) in [7, 11) is 0. The summed E-state index contributed by atoms with van der Waals surface area (Å²) in [6.45, 7) is 2.02. The van der Waals surface area contributed by atoms with Crippen LogP contribution in [0.3, 0.4) is 0 Å². The van der Waals surface area contributed by atoms with Crippen molar-refractivity contribution in [1.29, 1.82) is 10.8 Å². The van der Waals surface area contributed by atoms with Gasteiger partial charge in [-0.15, -0.1) is 0 Å². The lowest BCUT2D eigenvalue weighted by Crippen LogP contribution is -1.85. The van der Waals surface area contributed by atoms with Gasteiger partial charge in [-0.25, -0.2) is 0 Å². The fourth-order valence-electron chi connectivity index (χ4n) is 1.06. The molecule has 0 saturated carbocycles. The maximum Gasteiger partial charge on any atom is 0.0256 e. The summed E-state index contributed by atoms with van der Waals surface area (Å²) >= 11 is 0. The van der Waals surface area contributed by atoms with Gasteiger partial charge in [0.2, 0.25) is 0 Å². The van der Waals surface area contributed by atoms with Crippen molar-refractivity contribution in [3.8, 4) is 0 Å². The van der Waals surface area contributed by atoms with E-state index >= 15 is 0 Å². The smallest absolute Gasteiger partial charge is 0.0256 e. The number of benzene rings is 1. The Kier molecular flexibility index (Phi) is 3.15. The van der Waals surface area contributed by atoms with Crippen LogP contribution < -0.4 is 0 Å². The molecule has 0 saturated heterocycles. The van der Waals surface area contributed by atoms with Gasteiger partial charge in [-0.1, -0.05) is 29.8 Å². The molecule has 0 heterocycles. The second-order valence-corrected chi connectivity index (χ2v) is 2.80. The van der Waals surface area contributed by atoms with Crippen molar-refractivity contribution in [2.45, 2.75) is 6.92 Å². The van der Waals surface area contributed by atoms with Crippen LogP contribution in [0.2, 0.25) is 0 Å². The quantitative estimate of drug-likeness (QED) is 0.658. The molecular formula is C11H12N2. The monoisotopic (exact) mass is 172 g/mol. The molecular weight excluding hydrogens is 160 g/mol. The Balaban J connectivity index is 3.06. The van der Waals surface area contributed by atoms with Crippen molar-refractivity contribution in [2.75, 3.05) is 0 Å². The molecule has 13 heavy (non-hydrogen) atoms. The van der Waals surface area contributed by atoms with E-state index in [0.717, 1.165) is 11.1 Å². The van der Waals surface area contributed by atoms with Gasteiger partial charge in [0.25, 0.3) is 0 Å². The summed E-state index contributed by atoms with van der Waals surface area (Å²) in [4.78, 5) is 0. The highest BCUT2D eigenvalue weighted by atomic mass is 14.3. The van der Waals surface area contributed by atoms with Crippen molar-refractivity contribution in [1.82, 2.24) is 0 Å². The minimum atomic E-state index is 0.759. The predicted octanol–water partition coefficient (Wildman–Crippen LogP) is 2.68. The van der Waals surface area contributed by atoms with Gasteiger partial charge in [0, 0.05) is 18.0 Å². The Morgan fingerprint density at radius 1 is 1.15 bits per heavy atom. The van der Waals surface area contributed by atoms with Crippen molar-refractivity contribution < 1.29 is 0 Å². The second kappa shape index (κ2) is 4.36. The molecule has 0 aromatic heterocycles. The molecule has 2 N–H and O–H groups in total. The molecule has 2 nitrogen and oxygen atoms in total. The number of hydrogen-bond donors (Lipinski definition) is 2. The molecule has 66 valence electrons. The largest absolute Gasteiger partial charge is 0.309 e. The third kappa shape index (κ3) is 2.37. The van der Waals surface area contributed by atoms with E-state index in [-0.39, 0.29) is 0 Å². The van der Waals surface area contributed by atoms with Gasteiger partial charge in [0.05, 0.1) is 0 Å². The molecule has 0 aliphatic heterocycles. The van der Waals surface area contributed by atoms with Crippen LogP contribution in [0.25, 0.3) is 5.57 Å². The third-order valence-electron chi connectivity index (χ3n) is 1.80. The molecule has 0 aliphatic carbocycles. The number of allylic oxidation sites excluding steroid dienone is 2. The molecule has 2 heteroatoms. The van der Waals surface area contributed by atoms with Crippen molar-refractivity contribution in [3.05, 3.63) is 41.5 Å². The SMILES string of the molecule is Cc1ccc(/C(C=N)=C/C=N)cc1. The highest BCUT2D eigenvalue weighted by Gasteiger charge is 1.95. The molecule has 0 atom stereocenters. The van der Waals surface area contributed by atoms with Gasteiger partial charge in [-0.05, 0) is 18.6 Å². The summed E-state index contributed by atoms with van der Waals surface area (Å²) in [6.07, 6.45) is 4.06. The Bertz CT molecular complexity index is 334. The molecule has 0 fully saturated rings. The number of aryl methyl sites for hydroxylation is 1. The lowest BCUT2D eigenvalue weighted by molar-refractivity contribution is 1.46. The summed E-state index contributed by atoms with van der Waals surface area (Å²) < 4.78 is 0. The normalized spacial score (nSPS) is 11.0. The number of rotatable bonds is 3. The van der Waals surface area contributed by atoms with Crippen molar-refractivity contribution in [2.24, 2.45) is 0 Å². The van der Waals surface area contributed by atoms with Gasteiger partial charge in [0.15, 0.2) is 0 Å². The van der Waals surface area contributed by atoms with E-state index in [1.807, 2.05) is 31.2 Å². The van der Waals surface area contributed by atoms with E-state index in [4.69, 9.17) is 10.8 Å². The zero-order valence-corrected chi connectivity index (χ0v) is 7.54. The zero-order valence-electron chi connectivity index (χ0n) is 7.54. The average Bonchev–Trinajstić information content (AvgIpc) is 2.16. The van der Waals surface area contributed by atoms with Crippen molar-refractivity contribution in [3.63, 3.8) is 0 Å². The van der Waals surface area contributed by atoms with E-state index in [2.05, 4.69) is 0 Å². The highest BCUT2D eigenvalue weighted by molar-refractivity contribution is 6.12. The molecule has 0 aliphatic rings. The standard InChI is InChI=1S/C11H12N2/c1-9-2-4-10(5-3-9)11(8-13)6-7-12/h2-8,12-13H,1H3/b11-6+,12-7?,13-8?.